The molecule has 0 radical (unpaired) electrons. The van der Waals surface area contributed by atoms with Gasteiger partial charge in [-0.3, -0.25) is 0 Å². The molecule has 0 amide bonds. The molecule has 19 heavy (non-hydrogen) atoms. The molecule has 3 nitrogen and oxygen atoms in total. The highest BCUT2D eigenvalue weighted by Gasteiger charge is 2.31. The fourth-order valence-electron chi connectivity index (χ4n) is 1.82. The van der Waals surface area contributed by atoms with Crippen LogP contribution in [0.1, 0.15) is 12.0 Å². The van der Waals surface area contributed by atoms with Gasteiger partial charge in [-0.25, -0.2) is 0 Å². The smallest absolute Gasteiger partial charge is 0.405 e. The average molecular weight is 340 g/mol. The van der Waals surface area contributed by atoms with Gasteiger partial charge in [-0.05, 0) is 40.0 Å². The van der Waals surface area contributed by atoms with E-state index < -0.39 is 6.36 Å². The molecule has 1 heterocycles. The Morgan fingerprint density at radius 2 is 2.21 bits per heavy atom. The van der Waals surface area contributed by atoms with E-state index in [-0.39, 0.29) is 10.2 Å². The van der Waals surface area contributed by atoms with Gasteiger partial charge < -0.3 is 14.8 Å². The standard InChI is InChI=1S/C12H13BrF3NO2/c13-10-5-8(6-17-9-3-4-18-7-9)1-2-11(10)19-12(14,15)16/h1-2,5,9,17H,3-4,6-7H2. The third-order valence-corrected chi connectivity index (χ3v) is 3.37. The molecule has 1 aromatic rings. The SMILES string of the molecule is FC(F)(F)Oc1ccc(CNC2CCOC2)cc1Br. The molecule has 1 saturated heterocycles. The molecule has 0 aliphatic carbocycles. The number of rotatable bonds is 4. The Bertz CT molecular complexity index is 433. The summed E-state index contributed by atoms with van der Waals surface area (Å²) >= 11 is 3.08. The van der Waals surface area contributed by atoms with Gasteiger partial charge in [0.2, 0.25) is 0 Å². The van der Waals surface area contributed by atoms with Gasteiger partial charge in [0.1, 0.15) is 5.75 Å². The number of alkyl halides is 3. The summed E-state index contributed by atoms with van der Waals surface area (Å²) in [4.78, 5) is 0. The van der Waals surface area contributed by atoms with Gasteiger partial charge in [-0.1, -0.05) is 6.07 Å². The summed E-state index contributed by atoms with van der Waals surface area (Å²) in [5.74, 6) is -0.236. The number of ether oxygens (including phenoxy) is 2. The quantitative estimate of drug-likeness (QED) is 0.913. The van der Waals surface area contributed by atoms with Crippen LogP contribution in [0.25, 0.3) is 0 Å². The molecule has 1 fully saturated rings. The van der Waals surface area contributed by atoms with Gasteiger partial charge in [0.15, 0.2) is 0 Å². The summed E-state index contributed by atoms with van der Waals surface area (Å²) in [6.07, 6.45) is -3.72. The maximum Gasteiger partial charge on any atom is 0.573 e. The summed E-state index contributed by atoms with van der Waals surface area (Å²) in [5.41, 5.74) is 0.883. The lowest BCUT2D eigenvalue weighted by molar-refractivity contribution is -0.274. The first-order chi connectivity index (χ1) is 8.94. The van der Waals surface area contributed by atoms with Crippen LogP contribution in [0.2, 0.25) is 0 Å². The highest BCUT2D eigenvalue weighted by atomic mass is 79.9. The molecule has 7 heteroatoms. The molecule has 1 aliphatic heterocycles. The number of nitrogens with one attached hydrogen (secondary N) is 1. The lowest BCUT2D eigenvalue weighted by Crippen LogP contribution is -2.28. The van der Waals surface area contributed by atoms with Crippen LogP contribution in [-0.2, 0) is 11.3 Å². The van der Waals surface area contributed by atoms with Gasteiger partial charge in [-0.2, -0.15) is 0 Å². The predicted molar refractivity (Wildman–Crippen MR) is 66.9 cm³/mol. The minimum absolute atomic E-state index is 0.236. The second kappa shape index (κ2) is 6.11. The van der Waals surface area contributed by atoms with Gasteiger partial charge in [-0.15, -0.1) is 13.2 Å². The Balaban J connectivity index is 1.94. The van der Waals surface area contributed by atoms with Crippen LogP contribution in [0.5, 0.6) is 5.75 Å². The van der Waals surface area contributed by atoms with E-state index in [9.17, 15) is 13.2 Å². The zero-order valence-electron chi connectivity index (χ0n) is 9.97. The van der Waals surface area contributed by atoms with Crippen LogP contribution in [0, 0.1) is 0 Å². The summed E-state index contributed by atoms with van der Waals surface area (Å²) in [6.45, 7) is 2.01. The summed E-state index contributed by atoms with van der Waals surface area (Å²) in [5, 5.41) is 3.28. The number of hydrogen-bond donors (Lipinski definition) is 1. The Kier molecular flexibility index (Phi) is 4.70. The maximum absolute atomic E-state index is 12.1. The van der Waals surface area contributed by atoms with Crippen molar-refractivity contribution in [3.63, 3.8) is 0 Å². The van der Waals surface area contributed by atoms with Crippen molar-refractivity contribution in [1.82, 2.24) is 5.32 Å². The van der Waals surface area contributed by atoms with E-state index in [0.717, 1.165) is 18.6 Å². The minimum Gasteiger partial charge on any atom is -0.405 e. The highest BCUT2D eigenvalue weighted by molar-refractivity contribution is 9.10. The maximum atomic E-state index is 12.1. The molecular formula is C12H13BrF3NO2. The molecular weight excluding hydrogens is 327 g/mol. The van der Waals surface area contributed by atoms with E-state index >= 15 is 0 Å². The van der Waals surface area contributed by atoms with Crippen LogP contribution < -0.4 is 10.1 Å². The van der Waals surface area contributed by atoms with Crippen molar-refractivity contribution < 1.29 is 22.6 Å². The molecule has 2 rings (SSSR count). The zero-order valence-corrected chi connectivity index (χ0v) is 11.6. The normalized spacial score (nSPS) is 19.7. The Hall–Kier alpha value is -0.790. The molecule has 1 aliphatic rings. The molecule has 0 bridgehead atoms. The fourth-order valence-corrected chi connectivity index (χ4v) is 2.33. The summed E-state index contributed by atoms with van der Waals surface area (Å²) < 4.78 is 45.7. The van der Waals surface area contributed by atoms with Crippen LogP contribution >= 0.6 is 15.9 Å². The summed E-state index contributed by atoms with van der Waals surface area (Å²) in [6, 6.07) is 4.84. The first-order valence-corrected chi connectivity index (χ1v) is 6.58. The largest absolute Gasteiger partial charge is 0.573 e. The monoisotopic (exact) mass is 339 g/mol. The van der Waals surface area contributed by atoms with Gasteiger partial charge in [0, 0.05) is 19.2 Å². The number of hydrogen-bond acceptors (Lipinski definition) is 3. The Morgan fingerprint density at radius 3 is 2.79 bits per heavy atom. The third-order valence-electron chi connectivity index (χ3n) is 2.75. The minimum atomic E-state index is -4.68. The number of halogens is 4. The Labute approximate surface area is 117 Å². The van der Waals surface area contributed by atoms with Crippen molar-refractivity contribution in [3.05, 3.63) is 28.2 Å². The predicted octanol–water partition coefficient (Wildman–Crippen LogP) is 3.23. The summed E-state index contributed by atoms with van der Waals surface area (Å²) in [7, 11) is 0. The van der Waals surface area contributed by atoms with E-state index in [2.05, 4.69) is 26.0 Å². The van der Waals surface area contributed by atoms with Crippen LogP contribution in [0.3, 0.4) is 0 Å². The van der Waals surface area contributed by atoms with Crippen molar-refractivity contribution in [2.75, 3.05) is 13.2 Å². The van der Waals surface area contributed by atoms with Crippen molar-refractivity contribution in [2.45, 2.75) is 25.4 Å². The average Bonchev–Trinajstić information content (AvgIpc) is 2.81. The van der Waals surface area contributed by atoms with E-state index in [1.165, 1.54) is 6.07 Å². The van der Waals surface area contributed by atoms with Gasteiger partial charge in [0.25, 0.3) is 0 Å². The molecule has 0 spiro atoms. The van der Waals surface area contributed by atoms with Gasteiger partial charge in [0.05, 0.1) is 11.1 Å². The van der Waals surface area contributed by atoms with E-state index in [4.69, 9.17) is 4.74 Å². The lowest BCUT2D eigenvalue weighted by Gasteiger charge is -2.13. The zero-order chi connectivity index (χ0) is 13.9. The fraction of sp³-hybridized carbons (Fsp3) is 0.500. The molecule has 1 N–H and O–H groups in total. The second-order valence-electron chi connectivity index (χ2n) is 4.25. The van der Waals surface area contributed by atoms with Crippen molar-refractivity contribution in [2.24, 2.45) is 0 Å². The molecule has 1 atom stereocenters. The van der Waals surface area contributed by atoms with E-state index in [1.54, 1.807) is 12.1 Å². The van der Waals surface area contributed by atoms with Gasteiger partial charge >= 0.3 is 6.36 Å². The lowest BCUT2D eigenvalue weighted by atomic mass is 10.2. The molecule has 106 valence electrons. The topological polar surface area (TPSA) is 30.5 Å². The first kappa shape index (κ1) is 14.6. The van der Waals surface area contributed by atoms with Crippen LogP contribution in [0.15, 0.2) is 22.7 Å². The third kappa shape index (κ3) is 4.67. The van der Waals surface area contributed by atoms with Crippen molar-refractivity contribution in [3.8, 4) is 5.75 Å². The van der Waals surface area contributed by atoms with Crippen molar-refractivity contribution in [1.29, 1.82) is 0 Å². The first-order valence-electron chi connectivity index (χ1n) is 5.79. The molecule has 0 aromatic heterocycles. The van der Waals surface area contributed by atoms with Crippen molar-refractivity contribution >= 4 is 15.9 Å². The number of benzene rings is 1. The van der Waals surface area contributed by atoms with Crippen LogP contribution in [0.4, 0.5) is 13.2 Å². The second-order valence-corrected chi connectivity index (χ2v) is 5.11. The van der Waals surface area contributed by atoms with Crippen LogP contribution in [-0.4, -0.2) is 25.6 Å². The van der Waals surface area contributed by atoms with E-state index in [1.807, 2.05) is 0 Å². The molecule has 1 unspecified atom stereocenters. The Morgan fingerprint density at radius 1 is 1.42 bits per heavy atom. The highest BCUT2D eigenvalue weighted by Crippen LogP contribution is 2.31. The molecule has 0 saturated carbocycles. The molecule has 1 aromatic carbocycles. The van der Waals surface area contributed by atoms with E-state index in [0.29, 0.717) is 19.2 Å².